The van der Waals surface area contributed by atoms with E-state index in [4.69, 9.17) is 10.6 Å². The molecule has 2 aromatic rings. The van der Waals surface area contributed by atoms with Crippen molar-refractivity contribution in [3.05, 3.63) is 23.5 Å². The highest BCUT2D eigenvalue weighted by Gasteiger charge is 2.54. The summed E-state index contributed by atoms with van der Waals surface area (Å²) in [6.07, 6.45) is 2.62. The van der Waals surface area contributed by atoms with Crippen LogP contribution in [0.4, 0.5) is 5.13 Å². The summed E-state index contributed by atoms with van der Waals surface area (Å²) in [4.78, 5) is 46.5. The lowest BCUT2D eigenvalue weighted by Gasteiger charge is -2.43. The fourth-order valence-corrected chi connectivity index (χ4v) is 4.07. The number of hydrogen-bond donors (Lipinski definition) is 4. The van der Waals surface area contributed by atoms with Gasteiger partial charge in [0.2, 0.25) is 5.60 Å². The second kappa shape index (κ2) is 8.71. The van der Waals surface area contributed by atoms with Crippen LogP contribution in [0.5, 0.6) is 0 Å². The fourth-order valence-electron chi connectivity index (χ4n) is 2.65. The maximum absolute atomic E-state index is 12.9. The number of nitrogens with zero attached hydrogens (tertiary/aromatic N) is 6. The third-order valence-corrected chi connectivity index (χ3v) is 6.00. The van der Waals surface area contributed by atoms with Crippen LogP contribution in [0, 0.1) is 0 Å². The molecule has 0 aromatic carbocycles. The molecule has 178 valence electrons. The van der Waals surface area contributed by atoms with Crippen molar-refractivity contribution in [1.29, 1.82) is 0 Å². The zero-order valence-corrected chi connectivity index (χ0v) is 18.6. The van der Waals surface area contributed by atoms with E-state index in [1.165, 1.54) is 31.6 Å². The highest BCUT2D eigenvalue weighted by Crippen LogP contribution is 2.25. The lowest BCUT2D eigenvalue weighted by atomic mass is 9.98. The number of nitrogen functional groups attached to an aromatic ring is 1. The molecule has 0 radical (unpaired) electrons. The standard InChI is InChI=1S/C15H18N8O8S2/c1-15(2,13(26)27)31-21-9(7-6-32-14(16)19-7)11(24)20-10-8(5-22-17-3-4-18-22)23(12(10)25)33(28,29)30/h3-4,6,8,10H,5H2,1-2H3,(H2,16,19)(H,20,24)(H,26,27)(H,28,29,30)/b21-9+/t8-,10+/m1/s1. The van der Waals surface area contributed by atoms with E-state index in [0.29, 0.717) is 0 Å². The van der Waals surface area contributed by atoms with E-state index in [-0.39, 0.29) is 21.7 Å². The zero-order chi connectivity index (χ0) is 24.6. The van der Waals surface area contributed by atoms with Gasteiger partial charge in [0.25, 0.3) is 11.8 Å². The van der Waals surface area contributed by atoms with Gasteiger partial charge in [-0.25, -0.2) is 14.1 Å². The Kier molecular flexibility index (Phi) is 6.34. The average Bonchev–Trinajstić information content (AvgIpc) is 3.36. The van der Waals surface area contributed by atoms with E-state index in [0.717, 1.165) is 16.1 Å². The molecule has 1 aliphatic rings. The summed E-state index contributed by atoms with van der Waals surface area (Å²) in [5, 5.41) is 24.1. The molecule has 33 heavy (non-hydrogen) atoms. The van der Waals surface area contributed by atoms with Crippen molar-refractivity contribution in [3.8, 4) is 0 Å². The first kappa shape index (κ1) is 24.0. The van der Waals surface area contributed by atoms with Gasteiger partial charge in [0, 0.05) is 5.38 Å². The smallest absolute Gasteiger partial charge is 0.362 e. The zero-order valence-electron chi connectivity index (χ0n) is 17.0. The van der Waals surface area contributed by atoms with Gasteiger partial charge in [-0.3, -0.25) is 14.1 Å². The summed E-state index contributed by atoms with van der Waals surface area (Å²) >= 11 is 0.963. The van der Waals surface area contributed by atoms with Gasteiger partial charge >= 0.3 is 16.3 Å². The molecule has 3 heterocycles. The van der Waals surface area contributed by atoms with E-state index in [2.05, 4.69) is 25.7 Å². The van der Waals surface area contributed by atoms with Gasteiger partial charge < -0.3 is 21.0 Å². The minimum atomic E-state index is -4.93. The Morgan fingerprint density at radius 3 is 2.52 bits per heavy atom. The van der Waals surface area contributed by atoms with Crippen LogP contribution in [0.2, 0.25) is 0 Å². The largest absolute Gasteiger partial charge is 0.478 e. The van der Waals surface area contributed by atoms with Gasteiger partial charge in [0.15, 0.2) is 10.8 Å². The first-order valence-corrected chi connectivity index (χ1v) is 11.3. The molecule has 2 atom stereocenters. The van der Waals surface area contributed by atoms with E-state index in [1.807, 2.05) is 0 Å². The molecule has 0 unspecified atom stereocenters. The lowest BCUT2D eigenvalue weighted by Crippen LogP contribution is -2.73. The number of hydrogen-bond acceptors (Lipinski definition) is 12. The Morgan fingerprint density at radius 2 is 2.00 bits per heavy atom. The first-order chi connectivity index (χ1) is 15.3. The second-order valence-corrected chi connectivity index (χ2v) is 9.31. The summed E-state index contributed by atoms with van der Waals surface area (Å²) in [7, 11) is -4.93. The topological polar surface area (TPSA) is 232 Å². The van der Waals surface area contributed by atoms with Crippen LogP contribution in [0.25, 0.3) is 0 Å². The Bertz CT molecular complexity index is 1210. The number of carbonyl (C=O) groups is 3. The second-order valence-electron chi connectivity index (χ2n) is 7.13. The van der Waals surface area contributed by atoms with E-state index >= 15 is 0 Å². The van der Waals surface area contributed by atoms with Gasteiger partial charge in [-0.2, -0.15) is 23.4 Å². The third kappa shape index (κ3) is 5.07. The molecule has 2 aromatic heterocycles. The van der Waals surface area contributed by atoms with E-state index < -0.39 is 51.5 Å². The summed E-state index contributed by atoms with van der Waals surface area (Å²) in [5.74, 6) is -3.52. The van der Waals surface area contributed by atoms with Gasteiger partial charge in [0.1, 0.15) is 17.8 Å². The molecule has 18 heteroatoms. The number of β-lactam (4-membered cyclic amide) rings is 1. The molecule has 1 fully saturated rings. The van der Waals surface area contributed by atoms with Crippen LogP contribution in [0.1, 0.15) is 19.5 Å². The molecule has 1 aliphatic heterocycles. The third-order valence-electron chi connectivity index (χ3n) is 4.38. The minimum absolute atomic E-state index is 0.0695. The molecule has 2 amide bonds. The summed E-state index contributed by atoms with van der Waals surface area (Å²) in [5.41, 5.74) is 3.20. The van der Waals surface area contributed by atoms with Crippen LogP contribution in [-0.2, 0) is 36.1 Å². The highest BCUT2D eigenvalue weighted by molar-refractivity contribution is 7.84. The molecule has 16 nitrogen and oxygen atoms in total. The van der Waals surface area contributed by atoms with Crippen LogP contribution in [0.3, 0.4) is 0 Å². The van der Waals surface area contributed by atoms with Crippen LogP contribution < -0.4 is 11.1 Å². The van der Waals surface area contributed by atoms with Crippen molar-refractivity contribution in [3.63, 3.8) is 0 Å². The molecular formula is C15H18N8O8S2. The lowest BCUT2D eigenvalue weighted by molar-refractivity contribution is -0.161. The Labute approximate surface area is 189 Å². The number of oxime groups is 1. The average molecular weight is 502 g/mol. The van der Waals surface area contributed by atoms with Crippen molar-refractivity contribution in [2.75, 3.05) is 5.73 Å². The van der Waals surface area contributed by atoms with Crippen molar-refractivity contribution >= 4 is 50.3 Å². The summed E-state index contributed by atoms with van der Waals surface area (Å²) in [6.45, 7) is 2.11. The quantitative estimate of drug-likeness (QED) is 0.127. The Hall–Kier alpha value is -3.64. The molecule has 3 rings (SSSR count). The summed E-state index contributed by atoms with van der Waals surface area (Å²) in [6, 6.07) is -2.68. The molecule has 5 N–H and O–H groups in total. The molecule has 1 saturated heterocycles. The molecular weight excluding hydrogens is 484 g/mol. The fraction of sp³-hybridized carbons (Fsp3) is 0.400. The minimum Gasteiger partial charge on any atom is -0.478 e. The number of carboxylic acid groups (broad SMARTS) is 1. The molecule has 0 spiro atoms. The van der Waals surface area contributed by atoms with Gasteiger partial charge in [-0.15, -0.1) is 11.3 Å². The number of anilines is 1. The Balaban J connectivity index is 1.88. The van der Waals surface area contributed by atoms with Crippen LogP contribution in [-0.4, -0.2) is 83.5 Å². The normalized spacial score (nSPS) is 19.2. The number of amides is 2. The summed E-state index contributed by atoms with van der Waals surface area (Å²) < 4.78 is 32.8. The first-order valence-electron chi connectivity index (χ1n) is 8.98. The number of carboxylic acids is 1. The number of aromatic nitrogens is 4. The van der Waals surface area contributed by atoms with Crippen molar-refractivity contribution in [2.24, 2.45) is 5.16 Å². The number of carbonyl (C=O) groups excluding carboxylic acids is 2. The SMILES string of the molecule is CC(C)(O/N=C(/C(=O)N[C@@H]1C(=O)N(S(=O)(=O)O)[C@@H]1Cn1nccn1)c1csc(N)n1)C(=O)O. The van der Waals surface area contributed by atoms with E-state index in [9.17, 15) is 32.5 Å². The highest BCUT2D eigenvalue weighted by atomic mass is 32.2. The monoisotopic (exact) mass is 502 g/mol. The maximum atomic E-state index is 12.9. The molecule has 0 aliphatic carbocycles. The van der Waals surface area contributed by atoms with Gasteiger partial charge in [-0.05, 0) is 13.8 Å². The molecule has 0 bridgehead atoms. The molecule has 0 saturated carbocycles. The number of rotatable bonds is 9. The number of thiazole rings is 1. The van der Waals surface area contributed by atoms with Gasteiger partial charge in [0.05, 0.1) is 18.9 Å². The van der Waals surface area contributed by atoms with Crippen LogP contribution in [0.15, 0.2) is 22.9 Å². The predicted molar refractivity (Wildman–Crippen MR) is 110 cm³/mol. The Morgan fingerprint density at radius 1 is 1.36 bits per heavy atom. The van der Waals surface area contributed by atoms with Crippen molar-refractivity contribution < 1.29 is 37.3 Å². The van der Waals surface area contributed by atoms with E-state index in [1.54, 1.807) is 0 Å². The number of nitrogens with one attached hydrogen (secondary N) is 1. The van der Waals surface area contributed by atoms with Gasteiger partial charge in [-0.1, -0.05) is 5.16 Å². The number of nitrogens with two attached hydrogens (primary N) is 1. The number of aliphatic carboxylic acids is 1. The van der Waals surface area contributed by atoms with Crippen molar-refractivity contribution in [2.45, 2.75) is 38.1 Å². The predicted octanol–water partition coefficient (Wildman–Crippen LogP) is -1.90. The maximum Gasteiger partial charge on any atom is 0.362 e. The van der Waals surface area contributed by atoms with Crippen LogP contribution >= 0.6 is 11.3 Å². The van der Waals surface area contributed by atoms with Crippen molar-refractivity contribution in [1.82, 2.24) is 29.6 Å².